The van der Waals surface area contributed by atoms with Crippen LogP contribution >= 0.6 is 0 Å². The minimum absolute atomic E-state index is 0.0961. The highest BCUT2D eigenvalue weighted by Gasteiger charge is 2.41. The largest absolute Gasteiger partial charge is 0.435 e. The molecule has 2 N–H and O–H groups in total. The van der Waals surface area contributed by atoms with Crippen molar-refractivity contribution >= 4 is 5.69 Å². The van der Waals surface area contributed by atoms with Crippen LogP contribution < -0.4 is 5.73 Å². The molecule has 0 fully saturated rings. The molecule has 2 rings (SSSR count). The van der Waals surface area contributed by atoms with Crippen LogP contribution in [0.2, 0.25) is 0 Å². The minimum Gasteiger partial charge on any atom is -0.397 e. The van der Waals surface area contributed by atoms with Crippen LogP contribution in [-0.4, -0.2) is 14.8 Å². The van der Waals surface area contributed by atoms with E-state index in [-0.39, 0.29) is 27.8 Å². The zero-order valence-electron chi connectivity index (χ0n) is 11.4. The number of nitrogen functional groups attached to an aromatic ring is 1. The number of alkyl halides is 6. The zero-order valence-corrected chi connectivity index (χ0v) is 11.4. The van der Waals surface area contributed by atoms with Crippen molar-refractivity contribution in [3.8, 4) is 0 Å². The molecule has 0 saturated carbocycles. The van der Waals surface area contributed by atoms with Crippen LogP contribution in [0, 0.1) is 12.7 Å². The van der Waals surface area contributed by atoms with Crippen molar-refractivity contribution in [2.75, 3.05) is 5.73 Å². The summed E-state index contributed by atoms with van der Waals surface area (Å²) in [5.74, 6) is -0.779. The summed E-state index contributed by atoms with van der Waals surface area (Å²) in [6, 6.07) is 0.728. The fourth-order valence-corrected chi connectivity index (χ4v) is 1.82. The van der Waals surface area contributed by atoms with Gasteiger partial charge in [0.05, 0.1) is 23.6 Å². The standard InChI is InChI=1S/C12H9F7N4/c1-5-6(13)2-7(20)8(21-5)4-23-10(12(17,18)19)3-9(22-23)11(14,15)16/h2-3H,4,20H2,1H3. The van der Waals surface area contributed by atoms with Gasteiger partial charge in [-0.2, -0.15) is 31.4 Å². The average Bonchev–Trinajstić information content (AvgIpc) is 2.79. The summed E-state index contributed by atoms with van der Waals surface area (Å²) in [5, 5.41) is 2.92. The summed E-state index contributed by atoms with van der Waals surface area (Å²) in [4.78, 5) is 3.65. The third-order valence-electron chi connectivity index (χ3n) is 2.92. The normalized spacial score (nSPS) is 12.7. The molecule has 0 aliphatic rings. The van der Waals surface area contributed by atoms with Crippen molar-refractivity contribution in [1.82, 2.24) is 14.8 Å². The Morgan fingerprint density at radius 3 is 2.22 bits per heavy atom. The van der Waals surface area contributed by atoms with Gasteiger partial charge in [-0.05, 0) is 6.92 Å². The Hall–Kier alpha value is -2.33. The van der Waals surface area contributed by atoms with Gasteiger partial charge in [0.1, 0.15) is 11.5 Å². The van der Waals surface area contributed by atoms with E-state index in [1.54, 1.807) is 0 Å². The van der Waals surface area contributed by atoms with Gasteiger partial charge in [-0.3, -0.25) is 9.67 Å². The zero-order chi connectivity index (χ0) is 17.6. The molecule has 126 valence electrons. The lowest BCUT2D eigenvalue weighted by Gasteiger charge is -2.12. The first kappa shape index (κ1) is 17.0. The van der Waals surface area contributed by atoms with Gasteiger partial charge >= 0.3 is 12.4 Å². The molecule has 2 aromatic heterocycles. The number of aryl methyl sites for hydroxylation is 1. The molecule has 0 aliphatic carbocycles. The number of aromatic nitrogens is 3. The van der Waals surface area contributed by atoms with E-state index < -0.39 is 36.1 Å². The molecular weight excluding hydrogens is 333 g/mol. The second-order valence-corrected chi connectivity index (χ2v) is 4.66. The topological polar surface area (TPSA) is 56.7 Å². The third kappa shape index (κ3) is 3.54. The van der Waals surface area contributed by atoms with E-state index in [1.807, 2.05) is 0 Å². The van der Waals surface area contributed by atoms with Gasteiger partial charge in [0, 0.05) is 12.1 Å². The van der Waals surface area contributed by atoms with Gasteiger partial charge in [-0.15, -0.1) is 0 Å². The lowest BCUT2D eigenvalue weighted by atomic mass is 10.2. The number of hydrogen-bond acceptors (Lipinski definition) is 3. The maximum atomic E-state index is 13.2. The fourth-order valence-electron chi connectivity index (χ4n) is 1.82. The summed E-state index contributed by atoms with van der Waals surface area (Å²) in [5.41, 5.74) is 1.50. The minimum atomic E-state index is -5.06. The van der Waals surface area contributed by atoms with E-state index in [1.165, 1.54) is 6.92 Å². The van der Waals surface area contributed by atoms with Gasteiger partial charge in [0.25, 0.3) is 0 Å². The molecule has 2 heterocycles. The quantitative estimate of drug-likeness (QED) is 0.851. The SMILES string of the molecule is Cc1nc(Cn2nc(C(F)(F)F)cc2C(F)(F)F)c(N)cc1F. The molecule has 2 aromatic rings. The van der Waals surface area contributed by atoms with E-state index in [2.05, 4.69) is 10.1 Å². The number of nitrogens with two attached hydrogens (primary N) is 1. The second-order valence-electron chi connectivity index (χ2n) is 4.66. The van der Waals surface area contributed by atoms with Crippen molar-refractivity contribution in [3.63, 3.8) is 0 Å². The van der Waals surface area contributed by atoms with Crippen LogP contribution in [0.3, 0.4) is 0 Å². The Morgan fingerprint density at radius 1 is 1.09 bits per heavy atom. The Kier molecular flexibility index (Phi) is 3.99. The Balaban J connectivity index is 2.51. The van der Waals surface area contributed by atoms with Crippen LogP contribution in [-0.2, 0) is 18.9 Å². The smallest absolute Gasteiger partial charge is 0.397 e. The summed E-state index contributed by atoms with van der Waals surface area (Å²) in [7, 11) is 0. The molecule has 0 amide bonds. The fraction of sp³-hybridized carbons (Fsp3) is 0.333. The van der Waals surface area contributed by atoms with Crippen molar-refractivity contribution in [2.45, 2.75) is 25.8 Å². The maximum Gasteiger partial charge on any atom is 0.435 e. The summed E-state index contributed by atoms with van der Waals surface area (Å²) >= 11 is 0. The van der Waals surface area contributed by atoms with Crippen LogP contribution in [0.15, 0.2) is 12.1 Å². The van der Waals surface area contributed by atoms with Crippen molar-refractivity contribution in [2.24, 2.45) is 0 Å². The molecule has 4 nitrogen and oxygen atoms in total. The Bertz CT molecular complexity index is 730. The van der Waals surface area contributed by atoms with E-state index in [9.17, 15) is 30.7 Å². The first-order chi connectivity index (χ1) is 10.4. The number of hydrogen-bond donors (Lipinski definition) is 1. The van der Waals surface area contributed by atoms with E-state index in [4.69, 9.17) is 5.73 Å². The highest BCUT2D eigenvalue weighted by Crippen LogP contribution is 2.35. The first-order valence-corrected chi connectivity index (χ1v) is 6.03. The van der Waals surface area contributed by atoms with Gasteiger partial charge in [0.2, 0.25) is 0 Å². The summed E-state index contributed by atoms with van der Waals surface area (Å²) in [6.45, 7) is 0.463. The second kappa shape index (κ2) is 5.39. The molecule has 0 bridgehead atoms. The van der Waals surface area contributed by atoms with Crippen LogP contribution in [0.1, 0.15) is 22.8 Å². The predicted molar refractivity (Wildman–Crippen MR) is 64.7 cm³/mol. The molecule has 0 atom stereocenters. The Labute approximate surface area is 124 Å². The molecule has 0 aliphatic heterocycles. The van der Waals surface area contributed by atoms with Gasteiger partial charge in [-0.25, -0.2) is 4.39 Å². The number of halogens is 7. The molecule has 0 unspecified atom stereocenters. The van der Waals surface area contributed by atoms with Gasteiger partial charge in [-0.1, -0.05) is 0 Å². The maximum absolute atomic E-state index is 13.2. The molecule has 0 aromatic carbocycles. The molecule has 0 radical (unpaired) electrons. The first-order valence-electron chi connectivity index (χ1n) is 6.03. The van der Waals surface area contributed by atoms with Crippen molar-refractivity contribution in [1.29, 1.82) is 0 Å². The van der Waals surface area contributed by atoms with Crippen LogP contribution in [0.4, 0.5) is 36.4 Å². The molecular formula is C12H9F7N4. The number of anilines is 1. The van der Waals surface area contributed by atoms with Crippen molar-refractivity contribution < 1.29 is 30.7 Å². The summed E-state index contributed by atoms with van der Waals surface area (Å²) < 4.78 is 89.6. The van der Waals surface area contributed by atoms with Gasteiger partial charge < -0.3 is 5.73 Å². The average molecular weight is 342 g/mol. The molecule has 0 spiro atoms. The number of pyridine rings is 1. The lowest BCUT2D eigenvalue weighted by molar-refractivity contribution is -0.144. The van der Waals surface area contributed by atoms with Crippen molar-refractivity contribution in [3.05, 3.63) is 40.7 Å². The number of nitrogens with zero attached hydrogens (tertiary/aromatic N) is 3. The summed E-state index contributed by atoms with van der Waals surface area (Å²) in [6.07, 6.45) is -10.1. The van der Waals surface area contributed by atoms with E-state index in [0.717, 1.165) is 6.07 Å². The van der Waals surface area contributed by atoms with Crippen LogP contribution in [0.5, 0.6) is 0 Å². The third-order valence-corrected chi connectivity index (χ3v) is 2.92. The predicted octanol–water partition coefficient (Wildman–Crippen LogP) is 3.39. The van der Waals surface area contributed by atoms with Gasteiger partial charge in [0.15, 0.2) is 5.69 Å². The number of rotatable bonds is 2. The molecule has 23 heavy (non-hydrogen) atoms. The highest BCUT2D eigenvalue weighted by atomic mass is 19.4. The highest BCUT2D eigenvalue weighted by molar-refractivity contribution is 5.44. The van der Waals surface area contributed by atoms with Crippen LogP contribution in [0.25, 0.3) is 0 Å². The molecule has 0 saturated heterocycles. The molecule has 11 heteroatoms. The monoisotopic (exact) mass is 342 g/mol. The Morgan fingerprint density at radius 2 is 1.70 bits per heavy atom. The van der Waals surface area contributed by atoms with E-state index >= 15 is 0 Å². The van der Waals surface area contributed by atoms with E-state index in [0.29, 0.717) is 0 Å². The lowest BCUT2D eigenvalue weighted by Crippen LogP contribution is -2.17.